The summed E-state index contributed by atoms with van der Waals surface area (Å²) < 4.78 is 0. The summed E-state index contributed by atoms with van der Waals surface area (Å²) in [5.74, 6) is 0.0617. The minimum atomic E-state index is -0.756. The van der Waals surface area contributed by atoms with E-state index >= 15 is 0 Å². The van der Waals surface area contributed by atoms with Crippen LogP contribution in [0, 0.1) is 0 Å². The molecule has 1 aromatic carbocycles. The molecule has 1 fully saturated rings. The number of hydrogen-bond acceptors (Lipinski definition) is 3. The summed E-state index contributed by atoms with van der Waals surface area (Å²) in [5.41, 5.74) is 13.9. The fourth-order valence-electron chi connectivity index (χ4n) is 3.08. The van der Waals surface area contributed by atoms with Crippen LogP contribution < -0.4 is 11.5 Å². The Balaban J connectivity index is 1.80. The fraction of sp³-hybridized carbons (Fsp3) is 0.500. The molecule has 4 heteroatoms. The van der Waals surface area contributed by atoms with Crippen LogP contribution in [0.5, 0.6) is 0 Å². The molecule has 0 saturated carbocycles. The van der Waals surface area contributed by atoms with E-state index in [1.54, 1.807) is 0 Å². The van der Waals surface area contributed by atoms with Gasteiger partial charge in [-0.2, -0.15) is 0 Å². The van der Waals surface area contributed by atoms with Crippen molar-refractivity contribution < 1.29 is 4.79 Å². The van der Waals surface area contributed by atoms with Gasteiger partial charge in [0.25, 0.3) is 0 Å². The van der Waals surface area contributed by atoms with Gasteiger partial charge in [-0.3, -0.25) is 4.79 Å². The topological polar surface area (TPSA) is 72.3 Å². The fourth-order valence-corrected chi connectivity index (χ4v) is 3.08. The molecular formula is C14H19N3O. The van der Waals surface area contributed by atoms with Crippen LogP contribution in [0.15, 0.2) is 24.3 Å². The van der Waals surface area contributed by atoms with Crippen molar-refractivity contribution in [1.29, 1.82) is 0 Å². The number of carbonyl (C=O) groups excluding carboxylic acids is 1. The normalized spacial score (nSPS) is 25.2. The zero-order valence-electron chi connectivity index (χ0n) is 10.4. The average molecular weight is 245 g/mol. The summed E-state index contributed by atoms with van der Waals surface area (Å²) in [5, 5.41) is 0. The largest absolute Gasteiger partial charge is 0.339 e. The van der Waals surface area contributed by atoms with E-state index in [2.05, 4.69) is 12.1 Å². The summed E-state index contributed by atoms with van der Waals surface area (Å²) in [6.07, 6.45) is 2.18. The highest BCUT2D eigenvalue weighted by Crippen LogP contribution is 2.30. The highest BCUT2D eigenvalue weighted by atomic mass is 16.2. The SMILES string of the molecule is N[C@@H]1CCN(C(=O)C2(N)Cc3ccccc3C2)C1. The van der Waals surface area contributed by atoms with E-state index in [4.69, 9.17) is 11.5 Å². The van der Waals surface area contributed by atoms with Gasteiger partial charge in [-0.25, -0.2) is 0 Å². The predicted octanol–water partition coefficient (Wildman–Crippen LogP) is 0.0423. The van der Waals surface area contributed by atoms with Gasteiger partial charge in [0, 0.05) is 19.1 Å². The molecule has 0 bridgehead atoms. The molecule has 1 amide bonds. The van der Waals surface area contributed by atoms with Crippen molar-refractivity contribution in [3.8, 4) is 0 Å². The van der Waals surface area contributed by atoms with Gasteiger partial charge in [-0.05, 0) is 30.4 Å². The van der Waals surface area contributed by atoms with Gasteiger partial charge in [-0.15, -0.1) is 0 Å². The van der Waals surface area contributed by atoms with Crippen molar-refractivity contribution in [2.45, 2.75) is 30.8 Å². The zero-order valence-corrected chi connectivity index (χ0v) is 10.4. The van der Waals surface area contributed by atoms with Gasteiger partial charge >= 0.3 is 0 Å². The Morgan fingerprint density at radius 2 is 1.89 bits per heavy atom. The van der Waals surface area contributed by atoms with Gasteiger partial charge in [0.2, 0.25) is 5.91 Å². The monoisotopic (exact) mass is 245 g/mol. The van der Waals surface area contributed by atoms with Crippen molar-refractivity contribution >= 4 is 5.91 Å². The molecule has 0 unspecified atom stereocenters. The van der Waals surface area contributed by atoms with Crippen molar-refractivity contribution in [1.82, 2.24) is 4.90 Å². The van der Waals surface area contributed by atoms with Crippen molar-refractivity contribution in [2.75, 3.05) is 13.1 Å². The van der Waals surface area contributed by atoms with E-state index in [1.165, 1.54) is 11.1 Å². The third-order valence-corrected chi connectivity index (χ3v) is 4.07. The summed E-state index contributed by atoms with van der Waals surface area (Å²) in [6.45, 7) is 1.39. The smallest absolute Gasteiger partial charge is 0.243 e. The molecule has 4 nitrogen and oxygen atoms in total. The van der Waals surface area contributed by atoms with Gasteiger partial charge in [0.05, 0.1) is 0 Å². The van der Waals surface area contributed by atoms with E-state index in [0.717, 1.165) is 13.0 Å². The van der Waals surface area contributed by atoms with Crippen molar-refractivity contribution in [3.05, 3.63) is 35.4 Å². The second-order valence-electron chi connectivity index (χ2n) is 5.58. The van der Waals surface area contributed by atoms with Gasteiger partial charge in [0.15, 0.2) is 0 Å². The standard InChI is InChI=1S/C14H19N3O/c15-12-5-6-17(9-12)13(18)14(16)7-10-3-1-2-4-11(10)8-14/h1-4,12H,5-9,15-16H2/t12-/m1/s1. The molecule has 1 aliphatic carbocycles. The number of fused-ring (bicyclic) bond motifs is 1. The van der Waals surface area contributed by atoms with Crippen LogP contribution in [-0.2, 0) is 17.6 Å². The first-order chi connectivity index (χ1) is 8.58. The molecule has 1 saturated heterocycles. The third-order valence-electron chi connectivity index (χ3n) is 4.07. The summed E-state index contributed by atoms with van der Waals surface area (Å²) in [4.78, 5) is 14.4. The number of amides is 1. The molecule has 96 valence electrons. The molecule has 4 N–H and O–H groups in total. The van der Waals surface area contributed by atoms with E-state index in [-0.39, 0.29) is 11.9 Å². The molecule has 1 aliphatic heterocycles. The molecule has 18 heavy (non-hydrogen) atoms. The average Bonchev–Trinajstić information content (AvgIpc) is 2.91. The third kappa shape index (κ3) is 1.82. The number of likely N-dealkylation sites (tertiary alicyclic amines) is 1. The van der Waals surface area contributed by atoms with E-state index in [1.807, 2.05) is 17.0 Å². The Bertz CT molecular complexity index is 461. The molecule has 0 spiro atoms. The Kier molecular flexibility index (Phi) is 2.64. The second-order valence-corrected chi connectivity index (χ2v) is 5.58. The molecule has 1 aromatic rings. The maximum Gasteiger partial charge on any atom is 0.243 e. The lowest BCUT2D eigenvalue weighted by Gasteiger charge is -2.28. The number of benzene rings is 1. The lowest BCUT2D eigenvalue weighted by molar-refractivity contribution is -0.135. The predicted molar refractivity (Wildman–Crippen MR) is 69.9 cm³/mol. The summed E-state index contributed by atoms with van der Waals surface area (Å²) in [7, 11) is 0. The van der Waals surface area contributed by atoms with Crippen LogP contribution in [0.2, 0.25) is 0 Å². The van der Waals surface area contributed by atoms with Crippen LogP contribution in [0.25, 0.3) is 0 Å². The lowest BCUT2D eigenvalue weighted by Crippen LogP contribution is -2.56. The lowest BCUT2D eigenvalue weighted by atomic mass is 9.95. The number of nitrogens with zero attached hydrogens (tertiary/aromatic N) is 1. The highest BCUT2D eigenvalue weighted by molar-refractivity contribution is 5.88. The first-order valence-electron chi connectivity index (χ1n) is 6.49. The van der Waals surface area contributed by atoms with Gasteiger partial charge in [-0.1, -0.05) is 24.3 Å². The molecule has 0 aromatic heterocycles. The first-order valence-corrected chi connectivity index (χ1v) is 6.49. The number of nitrogens with two attached hydrogens (primary N) is 2. The van der Waals surface area contributed by atoms with Crippen molar-refractivity contribution in [3.63, 3.8) is 0 Å². The van der Waals surface area contributed by atoms with Gasteiger partial charge in [0.1, 0.15) is 5.54 Å². The van der Waals surface area contributed by atoms with E-state index in [0.29, 0.717) is 19.4 Å². The minimum Gasteiger partial charge on any atom is -0.339 e. The number of hydrogen-bond donors (Lipinski definition) is 2. The van der Waals surface area contributed by atoms with E-state index in [9.17, 15) is 4.79 Å². The molecular weight excluding hydrogens is 226 g/mol. The van der Waals surface area contributed by atoms with Crippen molar-refractivity contribution in [2.24, 2.45) is 11.5 Å². The van der Waals surface area contributed by atoms with Crippen LogP contribution in [0.3, 0.4) is 0 Å². The van der Waals surface area contributed by atoms with Crippen LogP contribution in [-0.4, -0.2) is 35.5 Å². The summed E-state index contributed by atoms with van der Waals surface area (Å²) in [6, 6.07) is 8.24. The second kappa shape index (κ2) is 4.07. The van der Waals surface area contributed by atoms with E-state index < -0.39 is 5.54 Å². The highest BCUT2D eigenvalue weighted by Gasteiger charge is 2.43. The number of rotatable bonds is 1. The Labute approximate surface area is 107 Å². The molecule has 2 aliphatic rings. The Morgan fingerprint density at radius 3 is 2.39 bits per heavy atom. The summed E-state index contributed by atoms with van der Waals surface area (Å²) >= 11 is 0. The molecule has 1 heterocycles. The Morgan fingerprint density at radius 1 is 1.28 bits per heavy atom. The first kappa shape index (κ1) is 11.7. The Hall–Kier alpha value is -1.39. The maximum atomic E-state index is 12.5. The minimum absolute atomic E-state index is 0.0617. The van der Waals surface area contributed by atoms with Crippen LogP contribution in [0.4, 0.5) is 0 Å². The molecule has 0 radical (unpaired) electrons. The molecule has 3 rings (SSSR count). The van der Waals surface area contributed by atoms with Crippen LogP contribution >= 0.6 is 0 Å². The quantitative estimate of drug-likeness (QED) is 0.734. The van der Waals surface area contributed by atoms with Crippen LogP contribution in [0.1, 0.15) is 17.5 Å². The zero-order chi connectivity index (χ0) is 12.8. The molecule has 1 atom stereocenters. The maximum absolute atomic E-state index is 12.5. The van der Waals surface area contributed by atoms with Gasteiger partial charge < -0.3 is 16.4 Å². The number of carbonyl (C=O) groups is 1.